The second-order valence-corrected chi connectivity index (χ2v) is 5.58. The molecule has 19 heavy (non-hydrogen) atoms. The van der Waals surface area contributed by atoms with Crippen molar-refractivity contribution in [2.24, 2.45) is 0 Å². The van der Waals surface area contributed by atoms with Gasteiger partial charge in [-0.05, 0) is 41.6 Å². The van der Waals surface area contributed by atoms with Crippen LogP contribution in [0.25, 0.3) is 5.69 Å². The van der Waals surface area contributed by atoms with Gasteiger partial charge in [-0.25, -0.2) is 9.36 Å². The topological polar surface area (TPSA) is 39.8 Å². The first-order valence-corrected chi connectivity index (χ1v) is 6.77. The lowest BCUT2D eigenvalue weighted by Crippen LogP contribution is -2.25. The van der Waals surface area contributed by atoms with Crippen LogP contribution in [0.15, 0.2) is 16.9 Å². The molecule has 0 N–H and O–H groups in total. The van der Waals surface area contributed by atoms with Gasteiger partial charge in [0.05, 0.1) is 15.7 Å². The zero-order valence-electron chi connectivity index (χ0n) is 9.37. The number of aryl methyl sites for hydroxylation is 1. The summed E-state index contributed by atoms with van der Waals surface area (Å²) in [5.74, 6) is -0.0963. The molecule has 0 radical (unpaired) electrons. The summed E-state index contributed by atoms with van der Waals surface area (Å²) in [5, 5.41) is 4.36. The highest BCUT2D eigenvalue weighted by molar-refractivity contribution is 14.1. The predicted molar refractivity (Wildman–Crippen MR) is 76.6 cm³/mol. The first-order chi connectivity index (χ1) is 8.82. The molecule has 2 rings (SSSR count). The average Bonchev–Trinajstić information content (AvgIpc) is 2.59. The van der Waals surface area contributed by atoms with Crippen molar-refractivity contribution < 1.29 is 8.78 Å². The molecule has 0 aliphatic heterocycles. The molecule has 2 aromatic rings. The summed E-state index contributed by atoms with van der Waals surface area (Å²) in [6, 6.07) is 2.94. The summed E-state index contributed by atoms with van der Waals surface area (Å²) in [4.78, 5) is 11.9. The molecule has 0 spiro atoms. The van der Waals surface area contributed by atoms with E-state index in [1.165, 1.54) is 19.1 Å². The van der Waals surface area contributed by atoms with E-state index in [9.17, 15) is 13.6 Å². The molecule has 0 atom stereocenters. The van der Waals surface area contributed by atoms with Gasteiger partial charge in [-0.15, -0.1) is 5.10 Å². The molecule has 0 aliphatic rings. The normalized spacial score (nSPS) is 11.3. The number of hydrogen-bond acceptors (Lipinski definition) is 2. The van der Waals surface area contributed by atoms with Crippen molar-refractivity contribution in [2.45, 2.75) is 13.5 Å². The largest absolute Gasteiger partial charge is 0.355 e. The molecule has 9 heteroatoms. The molecular formula is C10H6Cl2F2IN3O. The fourth-order valence-corrected chi connectivity index (χ4v) is 2.45. The SMILES string of the molecule is Cc1nn(-c2cc(I)c(Cl)cc2Cl)c(=O)n1C(F)F. The van der Waals surface area contributed by atoms with E-state index in [-0.39, 0.29) is 21.1 Å². The van der Waals surface area contributed by atoms with Gasteiger partial charge < -0.3 is 0 Å². The Morgan fingerprint density at radius 3 is 2.47 bits per heavy atom. The number of benzene rings is 1. The number of rotatable bonds is 2. The minimum Gasteiger partial charge on any atom is -0.245 e. The molecule has 102 valence electrons. The van der Waals surface area contributed by atoms with Gasteiger partial charge >= 0.3 is 12.2 Å². The fraction of sp³-hybridized carbons (Fsp3) is 0.200. The molecular weight excluding hydrogens is 414 g/mol. The summed E-state index contributed by atoms with van der Waals surface area (Å²) in [6.07, 6.45) is 0. The van der Waals surface area contributed by atoms with Gasteiger partial charge in [0.2, 0.25) is 0 Å². The van der Waals surface area contributed by atoms with Gasteiger partial charge in [0.1, 0.15) is 5.82 Å². The first-order valence-electron chi connectivity index (χ1n) is 4.94. The maximum absolute atomic E-state index is 12.7. The molecule has 0 amide bonds. The van der Waals surface area contributed by atoms with Crippen LogP contribution in [-0.4, -0.2) is 14.3 Å². The van der Waals surface area contributed by atoms with Gasteiger partial charge in [-0.2, -0.15) is 13.5 Å². The number of aromatic nitrogens is 3. The lowest BCUT2D eigenvalue weighted by molar-refractivity contribution is 0.0640. The molecule has 1 aromatic heterocycles. The Bertz CT molecular complexity index is 699. The number of alkyl halides is 2. The fourth-order valence-electron chi connectivity index (χ4n) is 1.53. The van der Waals surface area contributed by atoms with E-state index in [0.717, 1.165) is 4.68 Å². The van der Waals surface area contributed by atoms with Crippen molar-refractivity contribution in [1.82, 2.24) is 14.3 Å². The Morgan fingerprint density at radius 1 is 1.32 bits per heavy atom. The third kappa shape index (κ3) is 2.63. The van der Waals surface area contributed by atoms with Crippen LogP contribution in [0.3, 0.4) is 0 Å². The quantitative estimate of drug-likeness (QED) is 0.550. The molecule has 0 fully saturated rings. The Balaban J connectivity index is 2.70. The number of nitrogens with zero attached hydrogens (tertiary/aromatic N) is 3. The monoisotopic (exact) mass is 419 g/mol. The molecule has 1 heterocycles. The lowest BCUT2D eigenvalue weighted by Gasteiger charge is -2.05. The Labute approximate surface area is 130 Å². The average molecular weight is 420 g/mol. The van der Waals surface area contributed by atoms with Crippen LogP contribution in [-0.2, 0) is 0 Å². The van der Waals surface area contributed by atoms with Crippen LogP contribution in [0, 0.1) is 10.5 Å². The zero-order valence-corrected chi connectivity index (χ0v) is 13.0. The first kappa shape index (κ1) is 14.7. The van der Waals surface area contributed by atoms with Gasteiger partial charge in [0, 0.05) is 3.57 Å². The van der Waals surface area contributed by atoms with Crippen LogP contribution in [0.2, 0.25) is 10.0 Å². The van der Waals surface area contributed by atoms with Crippen LogP contribution in [0.5, 0.6) is 0 Å². The third-order valence-corrected chi connectivity index (χ3v) is 4.22. The van der Waals surface area contributed by atoms with Crippen LogP contribution >= 0.6 is 45.8 Å². The predicted octanol–water partition coefficient (Wildman–Crippen LogP) is 3.65. The smallest absolute Gasteiger partial charge is 0.245 e. The highest BCUT2D eigenvalue weighted by atomic mass is 127. The summed E-state index contributed by atoms with van der Waals surface area (Å²) in [6.45, 7) is -1.63. The van der Waals surface area contributed by atoms with Crippen LogP contribution < -0.4 is 5.69 Å². The summed E-state index contributed by atoms with van der Waals surface area (Å²) in [5.41, 5.74) is -0.740. The van der Waals surface area contributed by atoms with E-state index in [1.807, 2.05) is 22.6 Å². The van der Waals surface area contributed by atoms with E-state index in [4.69, 9.17) is 23.2 Å². The number of halogens is 5. The molecule has 0 unspecified atom stereocenters. The molecule has 1 aromatic carbocycles. The van der Waals surface area contributed by atoms with E-state index in [2.05, 4.69) is 5.10 Å². The maximum Gasteiger partial charge on any atom is 0.355 e. The van der Waals surface area contributed by atoms with Crippen molar-refractivity contribution in [3.8, 4) is 5.69 Å². The number of hydrogen-bond donors (Lipinski definition) is 0. The van der Waals surface area contributed by atoms with Gasteiger partial charge in [-0.1, -0.05) is 23.2 Å². The minimum atomic E-state index is -2.95. The van der Waals surface area contributed by atoms with Crippen molar-refractivity contribution in [3.63, 3.8) is 0 Å². The van der Waals surface area contributed by atoms with E-state index >= 15 is 0 Å². The molecule has 0 saturated carbocycles. The minimum absolute atomic E-state index is 0.0963. The zero-order chi connectivity index (χ0) is 14.3. The van der Waals surface area contributed by atoms with Crippen LogP contribution in [0.4, 0.5) is 8.78 Å². The van der Waals surface area contributed by atoms with Crippen molar-refractivity contribution in [2.75, 3.05) is 0 Å². The van der Waals surface area contributed by atoms with Gasteiger partial charge in [-0.3, -0.25) is 0 Å². The molecule has 0 bridgehead atoms. The van der Waals surface area contributed by atoms with Crippen molar-refractivity contribution in [3.05, 3.63) is 42.1 Å². The van der Waals surface area contributed by atoms with Crippen molar-refractivity contribution >= 4 is 45.8 Å². The molecule has 0 saturated heterocycles. The Morgan fingerprint density at radius 2 is 1.95 bits per heavy atom. The molecule has 4 nitrogen and oxygen atoms in total. The van der Waals surface area contributed by atoms with Gasteiger partial charge in [0.15, 0.2) is 0 Å². The Hall–Kier alpha value is -0.670. The summed E-state index contributed by atoms with van der Waals surface area (Å²) < 4.78 is 27.2. The standard InChI is InChI=1S/C10H6Cl2F2IN3O/c1-4-16-18(10(19)17(4)9(13)14)8-3-7(15)5(11)2-6(8)12/h2-3,9H,1H3. The van der Waals surface area contributed by atoms with Gasteiger partial charge in [0.25, 0.3) is 0 Å². The second kappa shape index (κ2) is 5.37. The summed E-state index contributed by atoms with van der Waals surface area (Å²) >= 11 is 13.8. The third-order valence-electron chi connectivity index (χ3n) is 2.39. The van der Waals surface area contributed by atoms with E-state index in [0.29, 0.717) is 8.59 Å². The highest BCUT2D eigenvalue weighted by Crippen LogP contribution is 2.28. The second-order valence-electron chi connectivity index (χ2n) is 3.61. The molecule has 0 aliphatic carbocycles. The van der Waals surface area contributed by atoms with Crippen molar-refractivity contribution in [1.29, 1.82) is 0 Å². The van der Waals surface area contributed by atoms with E-state index in [1.54, 1.807) is 0 Å². The Kier molecular flexibility index (Phi) is 4.17. The highest BCUT2D eigenvalue weighted by Gasteiger charge is 2.20. The summed E-state index contributed by atoms with van der Waals surface area (Å²) in [7, 11) is 0. The van der Waals surface area contributed by atoms with Crippen LogP contribution in [0.1, 0.15) is 12.4 Å². The van der Waals surface area contributed by atoms with E-state index < -0.39 is 12.2 Å². The maximum atomic E-state index is 12.7. The lowest BCUT2D eigenvalue weighted by atomic mass is 10.3.